The molecule has 0 bridgehead atoms. The van der Waals surface area contributed by atoms with Crippen LogP contribution in [0.15, 0.2) is 35.5 Å². The van der Waals surface area contributed by atoms with E-state index in [1.807, 2.05) is 13.8 Å². The molecule has 2 N–H and O–H groups in total. The highest BCUT2D eigenvalue weighted by Crippen LogP contribution is 2.60. The molecule has 0 radical (unpaired) electrons. The summed E-state index contributed by atoms with van der Waals surface area (Å²) in [6.45, 7) is 13.1. The summed E-state index contributed by atoms with van der Waals surface area (Å²) < 4.78 is 0. The number of hydrogen-bond acceptors (Lipinski definition) is 2. The highest BCUT2D eigenvalue weighted by atomic mass is 16.3. The minimum atomic E-state index is -0.535. The van der Waals surface area contributed by atoms with Gasteiger partial charge in [-0.1, -0.05) is 56.6 Å². The Morgan fingerprint density at radius 1 is 1.21 bits per heavy atom. The van der Waals surface area contributed by atoms with E-state index < -0.39 is 5.60 Å². The summed E-state index contributed by atoms with van der Waals surface area (Å²) in [7, 11) is 0. The van der Waals surface area contributed by atoms with Crippen molar-refractivity contribution in [2.24, 2.45) is 23.2 Å². The van der Waals surface area contributed by atoms with E-state index in [1.165, 1.54) is 49.7 Å². The van der Waals surface area contributed by atoms with Crippen LogP contribution >= 0.6 is 0 Å². The van der Waals surface area contributed by atoms with E-state index >= 15 is 0 Å². The quantitative estimate of drug-likeness (QED) is 0.518. The summed E-state index contributed by atoms with van der Waals surface area (Å²) in [5.74, 6) is 2.26. The molecule has 3 fully saturated rings. The lowest BCUT2D eigenvalue weighted by molar-refractivity contribution is 0.0596. The summed E-state index contributed by atoms with van der Waals surface area (Å²) in [5.41, 5.74) is 4.02. The molecule has 3 aliphatic carbocycles. The Labute approximate surface area is 179 Å². The molecule has 164 valence electrons. The second-order valence-electron chi connectivity index (χ2n) is 11.2. The van der Waals surface area contributed by atoms with Crippen LogP contribution in [-0.4, -0.2) is 21.9 Å². The molecule has 3 rings (SSSR count). The first-order valence-corrected chi connectivity index (χ1v) is 12.1. The van der Waals surface area contributed by atoms with Crippen LogP contribution < -0.4 is 0 Å². The molecule has 0 amide bonds. The zero-order valence-corrected chi connectivity index (χ0v) is 19.3. The molecule has 0 aromatic heterocycles. The third kappa shape index (κ3) is 5.44. The molecule has 2 nitrogen and oxygen atoms in total. The van der Waals surface area contributed by atoms with Crippen molar-refractivity contribution in [3.8, 4) is 0 Å². The fourth-order valence-corrected chi connectivity index (χ4v) is 6.67. The Hall–Kier alpha value is -0.860. The van der Waals surface area contributed by atoms with Gasteiger partial charge in [0.15, 0.2) is 0 Å². The number of allylic oxidation sites excluding steroid dienone is 4. The normalized spacial score (nSPS) is 37.2. The largest absolute Gasteiger partial charge is 0.393 e. The van der Waals surface area contributed by atoms with Crippen LogP contribution in [-0.2, 0) is 0 Å². The van der Waals surface area contributed by atoms with Gasteiger partial charge in [0, 0.05) is 0 Å². The molecule has 0 aliphatic heterocycles. The minimum absolute atomic E-state index is 0.192. The number of hydrogen-bond donors (Lipinski definition) is 2. The average molecular weight is 401 g/mol. The third-order valence-corrected chi connectivity index (χ3v) is 8.36. The van der Waals surface area contributed by atoms with Crippen molar-refractivity contribution in [1.82, 2.24) is 0 Å². The van der Waals surface area contributed by atoms with E-state index in [-0.39, 0.29) is 6.10 Å². The molecular formula is C27H44O2. The molecule has 0 spiro atoms. The maximum atomic E-state index is 10.0. The number of aliphatic hydroxyl groups excluding tert-OH is 1. The fraction of sp³-hybridized carbons (Fsp3) is 0.778. The van der Waals surface area contributed by atoms with Gasteiger partial charge in [0.05, 0.1) is 11.7 Å². The van der Waals surface area contributed by atoms with Crippen molar-refractivity contribution < 1.29 is 10.2 Å². The van der Waals surface area contributed by atoms with Crippen molar-refractivity contribution in [3.05, 3.63) is 35.5 Å². The van der Waals surface area contributed by atoms with E-state index in [0.717, 1.165) is 49.9 Å². The smallest absolute Gasteiger partial charge is 0.0591 e. The molecule has 3 saturated carbocycles. The number of fused-ring (bicyclic) bond motifs is 1. The first-order valence-electron chi connectivity index (χ1n) is 12.1. The molecule has 3 aliphatic rings. The van der Waals surface area contributed by atoms with Crippen LogP contribution in [0.2, 0.25) is 0 Å². The Morgan fingerprint density at radius 3 is 2.69 bits per heavy atom. The molecular weight excluding hydrogens is 356 g/mol. The van der Waals surface area contributed by atoms with E-state index in [0.29, 0.717) is 5.41 Å². The van der Waals surface area contributed by atoms with Gasteiger partial charge >= 0.3 is 0 Å². The van der Waals surface area contributed by atoms with Crippen molar-refractivity contribution in [2.75, 3.05) is 0 Å². The number of rotatable bonds is 6. The molecule has 0 saturated heterocycles. The van der Waals surface area contributed by atoms with Gasteiger partial charge in [0.25, 0.3) is 0 Å². The highest BCUT2D eigenvalue weighted by Gasteiger charge is 2.50. The van der Waals surface area contributed by atoms with Gasteiger partial charge in [0.1, 0.15) is 0 Å². The van der Waals surface area contributed by atoms with Gasteiger partial charge in [0.2, 0.25) is 0 Å². The zero-order valence-electron chi connectivity index (χ0n) is 19.3. The Kier molecular flexibility index (Phi) is 7.16. The van der Waals surface area contributed by atoms with E-state index in [1.54, 1.807) is 5.57 Å². The summed E-state index contributed by atoms with van der Waals surface area (Å²) in [4.78, 5) is 0. The summed E-state index contributed by atoms with van der Waals surface area (Å²) in [6, 6.07) is 0. The second kappa shape index (κ2) is 9.10. The minimum Gasteiger partial charge on any atom is -0.393 e. The lowest BCUT2D eigenvalue weighted by Crippen LogP contribution is -2.36. The lowest BCUT2D eigenvalue weighted by Gasteiger charge is -2.44. The van der Waals surface area contributed by atoms with Gasteiger partial charge in [-0.3, -0.25) is 0 Å². The molecule has 0 aromatic rings. The lowest BCUT2D eigenvalue weighted by atomic mass is 9.60. The summed E-state index contributed by atoms with van der Waals surface area (Å²) in [5, 5.41) is 20.1. The van der Waals surface area contributed by atoms with Gasteiger partial charge in [-0.15, -0.1) is 0 Å². The highest BCUT2D eigenvalue weighted by molar-refractivity contribution is 5.36. The molecule has 5 atom stereocenters. The molecule has 0 heterocycles. The predicted octanol–water partition coefficient (Wildman–Crippen LogP) is 6.73. The van der Waals surface area contributed by atoms with Crippen LogP contribution in [0, 0.1) is 23.2 Å². The standard InChI is InChI=1S/C27H44O2/c1-19-10-13-23(28)18-22(19)12-11-21-9-7-17-27(5)24(14-15-25(21)27)20(2)8-6-16-26(3,4)29/h11-12,20,23-25,28-29H,1,6-10,13-18H2,2-5H3/b21-11?,22-12-/t20-,23+,24-,25+,27-/m1/s1. The predicted molar refractivity (Wildman–Crippen MR) is 123 cm³/mol. The van der Waals surface area contributed by atoms with Crippen LogP contribution in [0.1, 0.15) is 98.3 Å². The van der Waals surface area contributed by atoms with Crippen LogP contribution in [0.25, 0.3) is 0 Å². The van der Waals surface area contributed by atoms with Crippen LogP contribution in [0.4, 0.5) is 0 Å². The monoisotopic (exact) mass is 400 g/mol. The topological polar surface area (TPSA) is 40.5 Å². The number of aliphatic hydroxyl groups is 2. The Bertz CT molecular complexity index is 650. The fourth-order valence-electron chi connectivity index (χ4n) is 6.67. The average Bonchev–Trinajstić information content (AvgIpc) is 2.99. The Morgan fingerprint density at radius 2 is 1.97 bits per heavy atom. The zero-order chi connectivity index (χ0) is 21.2. The molecule has 0 aromatic carbocycles. The Balaban J connectivity index is 1.68. The van der Waals surface area contributed by atoms with E-state index in [4.69, 9.17) is 0 Å². The van der Waals surface area contributed by atoms with Crippen molar-refractivity contribution in [3.63, 3.8) is 0 Å². The summed E-state index contributed by atoms with van der Waals surface area (Å²) >= 11 is 0. The van der Waals surface area contributed by atoms with Gasteiger partial charge in [-0.25, -0.2) is 0 Å². The van der Waals surface area contributed by atoms with Gasteiger partial charge in [-0.05, 0) is 100 Å². The maximum absolute atomic E-state index is 10.0. The van der Waals surface area contributed by atoms with Crippen LogP contribution in [0.3, 0.4) is 0 Å². The van der Waals surface area contributed by atoms with Crippen molar-refractivity contribution >= 4 is 0 Å². The van der Waals surface area contributed by atoms with Gasteiger partial charge in [-0.2, -0.15) is 0 Å². The van der Waals surface area contributed by atoms with E-state index in [2.05, 4.69) is 32.6 Å². The van der Waals surface area contributed by atoms with Gasteiger partial charge < -0.3 is 10.2 Å². The second-order valence-corrected chi connectivity index (χ2v) is 11.2. The maximum Gasteiger partial charge on any atom is 0.0591 e. The molecule has 0 unspecified atom stereocenters. The first kappa shape index (κ1) is 22.8. The first-order chi connectivity index (χ1) is 13.6. The third-order valence-electron chi connectivity index (χ3n) is 8.36. The molecule has 2 heteroatoms. The van der Waals surface area contributed by atoms with Crippen molar-refractivity contribution in [2.45, 2.75) is 110 Å². The van der Waals surface area contributed by atoms with E-state index in [9.17, 15) is 10.2 Å². The van der Waals surface area contributed by atoms with Crippen LogP contribution in [0.5, 0.6) is 0 Å². The SMILES string of the molecule is C=C1CC[C@H](O)C/C1=C/C=C1CCC[C@]2(C)[C@@H]([C@H](C)CCCC(C)(C)O)CC[C@@H]12. The summed E-state index contributed by atoms with van der Waals surface area (Å²) in [6.07, 6.45) is 16.9. The van der Waals surface area contributed by atoms with Crippen molar-refractivity contribution in [1.29, 1.82) is 0 Å². The molecule has 29 heavy (non-hydrogen) atoms.